The Bertz CT molecular complexity index is 684. The number of hydrogen-bond acceptors (Lipinski definition) is 5. The van der Waals surface area contributed by atoms with Crippen molar-refractivity contribution in [3.05, 3.63) is 54.2 Å². The van der Waals surface area contributed by atoms with Gasteiger partial charge < -0.3 is 20.3 Å². The number of anilines is 1. The molecular formula is C18H22N4O2. The number of hydrogen-bond donors (Lipinski definition) is 1. The zero-order chi connectivity index (χ0) is 16.9. The molecule has 1 amide bonds. The SMILES string of the molecule is COc1ccnc(N2CCN(C(=O)C(N)c3ccccc3)CC2)c1. The second kappa shape index (κ2) is 7.31. The monoisotopic (exact) mass is 326 g/mol. The molecule has 6 nitrogen and oxygen atoms in total. The third kappa shape index (κ3) is 3.49. The minimum absolute atomic E-state index is 0.0283. The van der Waals surface area contributed by atoms with E-state index in [-0.39, 0.29) is 5.91 Å². The van der Waals surface area contributed by atoms with Crippen LogP contribution in [0.5, 0.6) is 5.75 Å². The molecule has 1 atom stereocenters. The van der Waals surface area contributed by atoms with E-state index in [1.54, 1.807) is 13.3 Å². The summed E-state index contributed by atoms with van der Waals surface area (Å²) in [6.07, 6.45) is 1.73. The summed E-state index contributed by atoms with van der Waals surface area (Å²) < 4.78 is 5.24. The van der Waals surface area contributed by atoms with Crippen LogP contribution in [0.4, 0.5) is 5.82 Å². The maximum absolute atomic E-state index is 12.6. The van der Waals surface area contributed by atoms with Gasteiger partial charge in [0.1, 0.15) is 17.6 Å². The Labute approximate surface area is 141 Å². The molecule has 0 aliphatic carbocycles. The number of amides is 1. The molecule has 1 unspecified atom stereocenters. The average Bonchev–Trinajstić information content (AvgIpc) is 2.67. The molecule has 0 saturated carbocycles. The van der Waals surface area contributed by atoms with Crippen LogP contribution in [0, 0.1) is 0 Å². The first-order chi connectivity index (χ1) is 11.7. The largest absolute Gasteiger partial charge is 0.497 e. The number of rotatable bonds is 4. The van der Waals surface area contributed by atoms with Crippen molar-refractivity contribution in [1.29, 1.82) is 0 Å². The molecule has 2 aromatic rings. The van der Waals surface area contributed by atoms with Gasteiger partial charge in [-0.25, -0.2) is 4.98 Å². The molecular weight excluding hydrogens is 304 g/mol. The van der Waals surface area contributed by atoms with E-state index in [4.69, 9.17) is 10.5 Å². The summed E-state index contributed by atoms with van der Waals surface area (Å²) in [4.78, 5) is 21.0. The quantitative estimate of drug-likeness (QED) is 0.920. The Morgan fingerprint density at radius 2 is 1.88 bits per heavy atom. The van der Waals surface area contributed by atoms with Crippen molar-refractivity contribution in [1.82, 2.24) is 9.88 Å². The highest BCUT2D eigenvalue weighted by atomic mass is 16.5. The van der Waals surface area contributed by atoms with Gasteiger partial charge in [0.05, 0.1) is 7.11 Å². The normalized spacial score (nSPS) is 15.9. The first kappa shape index (κ1) is 16.3. The van der Waals surface area contributed by atoms with Gasteiger partial charge in [-0.3, -0.25) is 4.79 Å². The maximum atomic E-state index is 12.6. The summed E-state index contributed by atoms with van der Waals surface area (Å²) in [6.45, 7) is 2.73. The number of nitrogens with zero attached hydrogens (tertiary/aromatic N) is 3. The molecule has 1 saturated heterocycles. The van der Waals surface area contributed by atoms with Crippen LogP contribution in [0.1, 0.15) is 11.6 Å². The summed E-state index contributed by atoms with van der Waals surface area (Å²) in [5.74, 6) is 1.62. The lowest BCUT2D eigenvalue weighted by molar-refractivity contribution is -0.133. The lowest BCUT2D eigenvalue weighted by Gasteiger charge is -2.36. The molecule has 2 N–H and O–H groups in total. The minimum Gasteiger partial charge on any atom is -0.497 e. The Morgan fingerprint density at radius 3 is 2.54 bits per heavy atom. The van der Waals surface area contributed by atoms with Crippen molar-refractivity contribution in [2.24, 2.45) is 5.73 Å². The number of carbonyl (C=O) groups excluding carboxylic acids is 1. The van der Waals surface area contributed by atoms with Crippen molar-refractivity contribution >= 4 is 11.7 Å². The van der Waals surface area contributed by atoms with Crippen LogP contribution in [-0.2, 0) is 4.79 Å². The number of pyridine rings is 1. The summed E-state index contributed by atoms with van der Waals surface area (Å²) >= 11 is 0. The van der Waals surface area contributed by atoms with Crippen LogP contribution in [0.3, 0.4) is 0 Å². The van der Waals surface area contributed by atoms with E-state index in [1.165, 1.54) is 0 Å². The van der Waals surface area contributed by atoms with Crippen LogP contribution in [0.25, 0.3) is 0 Å². The number of nitrogens with two attached hydrogens (primary N) is 1. The molecule has 6 heteroatoms. The van der Waals surface area contributed by atoms with Gasteiger partial charge in [0.25, 0.3) is 0 Å². The van der Waals surface area contributed by atoms with Gasteiger partial charge in [0.2, 0.25) is 5.91 Å². The van der Waals surface area contributed by atoms with Crippen LogP contribution >= 0.6 is 0 Å². The van der Waals surface area contributed by atoms with Gasteiger partial charge in [-0.1, -0.05) is 30.3 Å². The zero-order valence-electron chi connectivity index (χ0n) is 13.8. The number of methoxy groups -OCH3 is 1. The fourth-order valence-corrected chi connectivity index (χ4v) is 2.86. The van der Waals surface area contributed by atoms with Crippen molar-refractivity contribution in [2.75, 3.05) is 38.2 Å². The van der Waals surface area contributed by atoms with E-state index in [0.29, 0.717) is 13.1 Å². The Kier molecular flexibility index (Phi) is 4.96. The van der Waals surface area contributed by atoms with Gasteiger partial charge in [0.15, 0.2) is 0 Å². The molecule has 126 valence electrons. The summed E-state index contributed by atoms with van der Waals surface area (Å²) in [7, 11) is 1.64. The van der Waals surface area contributed by atoms with E-state index in [2.05, 4.69) is 9.88 Å². The molecule has 1 aliphatic rings. The highest BCUT2D eigenvalue weighted by Crippen LogP contribution is 2.20. The third-order valence-electron chi connectivity index (χ3n) is 4.29. The first-order valence-electron chi connectivity index (χ1n) is 8.03. The van der Waals surface area contributed by atoms with Gasteiger partial charge in [-0.2, -0.15) is 0 Å². The number of piperazine rings is 1. The maximum Gasteiger partial charge on any atom is 0.244 e. The number of aromatic nitrogens is 1. The summed E-state index contributed by atoms with van der Waals surface area (Å²) in [6, 6.07) is 12.6. The van der Waals surface area contributed by atoms with Gasteiger partial charge in [-0.05, 0) is 11.6 Å². The van der Waals surface area contributed by atoms with Crippen molar-refractivity contribution < 1.29 is 9.53 Å². The fraction of sp³-hybridized carbons (Fsp3) is 0.333. The van der Waals surface area contributed by atoms with E-state index in [0.717, 1.165) is 30.2 Å². The predicted octanol–water partition coefficient (Wildman–Crippen LogP) is 1.44. The van der Waals surface area contributed by atoms with Gasteiger partial charge in [-0.15, -0.1) is 0 Å². The fourth-order valence-electron chi connectivity index (χ4n) is 2.86. The van der Waals surface area contributed by atoms with Crippen molar-refractivity contribution in [3.63, 3.8) is 0 Å². The highest BCUT2D eigenvalue weighted by Gasteiger charge is 2.26. The summed E-state index contributed by atoms with van der Waals surface area (Å²) in [5.41, 5.74) is 6.97. The molecule has 1 aliphatic heterocycles. The lowest BCUT2D eigenvalue weighted by Crippen LogP contribution is -2.51. The van der Waals surface area contributed by atoms with Crippen LogP contribution in [-0.4, -0.2) is 49.1 Å². The molecule has 3 rings (SSSR count). The second-order valence-electron chi connectivity index (χ2n) is 5.75. The molecule has 0 bridgehead atoms. The lowest BCUT2D eigenvalue weighted by atomic mass is 10.1. The van der Waals surface area contributed by atoms with Gasteiger partial charge >= 0.3 is 0 Å². The second-order valence-corrected chi connectivity index (χ2v) is 5.75. The standard InChI is InChI=1S/C18H22N4O2/c1-24-15-7-8-20-16(13-15)21-9-11-22(12-10-21)18(23)17(19)14-5-3-2-4-6-14/h2-8,13,17H,9-12,19H2,1H3. The molecule has 2 heterocycles. The molecule has 1 aromatic carbocycles. The van der Waals surface area contributed by atoms with Crippen LogP contribution in [0.2, 0.25) is 0 Å². The third-order valence-corrected chi connectivity index (χ3v) is 4.29. The average molecular weight is 326 g/mol. The topological polar surface area (TPSA) is 71.7 Å². The van der Waals surface area contributed by atoms with E-state index in [9.17, 15) is 4.79 Å². The zero-order valence-corrected chi connectivity index (χ0v) is 13.8. The minimum atomic E-state index is -0.604. The van der Waals surface area contributed by atoms with Crippen LogP contribution in [0.15, 0.2) is 48.7 Å². The van der Waals surface area contributed by atoms with Crippen molar-refractivity contribution in [2.45, 2.75) is 6.04 Å². The first-order valence-corrected chi connectivity index (χ1v) is 8.03. The molecule has 1 aromatic heterocycles. The van der Waals surface area contributed by atoms with Gasteiger partial charge in [0, 0.05) is 38.4 Å². The Morgan fingerprint density at radius 1 is 1.17 bits per heavy atom. The van der Waals surface area contributed by atoms with E-state index < -0.39 is 6.04 Å². The Balaban J connectivity index is 1.61. The van der Waals surface area contributed by atoms with E-state index in [1.807, 2.05) is 47.4 Å². The van der Waals surface area contributed by atoms with Crippen molar-refractivity contribution in [3.8, 4) is 5.75 Å². The molecule has 1 fully saturated rings. The summed E-state index contributed by atoms with van der Waals surface area (Å²) in [5, 5.41) is 0. The number of carbonyl (C=O) groups is 1. The van der Waals surface area contributed by atoms with E-state index >= 15 is 0 Å². The molecule has 0 spiro atoms. The predicted molar refractivity (Wildman–Crippen MR) is 93.0 cm³/mol. The Hall–Kier alpha value is -2.60. The number of ether oxygens (including phenoxy) is 1. The number of benzene rings is 1. The molecule has 24 heavy (non-hydrogen) atoms. The molecule has 0 radical (unpaired) electrons. The smallest absolute Gasteiger partial charge is 0.244 e. The highest BCUT2D eigenvalue weighted by molar-refractivity contribution is 5.83. The van der Waals surface area contributed by atoms with Crippen LogP contribution < -0.4 is 15.4 Å².